The van der Waals surface area contributed by atoms with E-state index in [1.165, 1.54) is 0 Å². The summed E-state index contributed by atoms with van der Waals surface area (Å²) in [6.45, 7) is 0. The van der Waals surface area contributed by atoms with Crippen LogP contribution in [-0.2, 0) is 0 Å². The fourth-order valence-electron chi connectivity index (χ4n) is 7.90. The Bertz CT molecular complexity index is 3400. The van der Waals surface area contributed by atoms with Crippen molar-refractivity contribution >= 4 is 71.7 Å². The van der Waals surface area contributed by atoms with Crippen molar-refractivity contribution in [2.75, 3.05) is 4.90 Å². The normalized spacial score (nSPS) is 12.7. The molecule has 258 valence electrons. The molecule has 0 atom stereocenters. The molecule has 2 heterocycles. The Morgan fingerprint density at radius 3 is 1.80 bits per heavy atom. The molecule has 0 spiro atoms. The zero-order chi connectivity index (χ0) is 39.8. The van der Waals surface area contributed by atoms with Gasteiger partial charge >= 0.3 is 0 Å². The van der Waals surface area contributed by atoms with Crippen LogP contribution in [0.15, 0.2) is 209 Å². The molecule has 11 aromatic rings. The van der Waals surface area contributed by atoms with Crippen molar-refractivity contribution in [3.05, 3.63) is 200 Å². The lowest BCUT2D eigenvalue weighted by atomic mass is 9.99. The molecule has 0 aliphatic carbocycles. The Hall–Kier alpha value is -7.36. The van der Waals surface area contributed by atoms with Crippen LogP contribution in [0.5, 0.6) is 0 Å². The van der Waals surface area contributed by atoms with Crippen LogP contribution < -0.4 is 4.90 Å². The van der Waals surface area contributed by atoms with Gasteiger partial charge in [0.05, 0.1) is 16.6 Å². The van der Waals surface area contributed by atoms with Gasteiger partial charge in [0.15, 0.2) is 0 Å². The molecule has 0 radical (unpaired) electrons. The van der Waals surface area contributed by atoms with Gasteiger partial charge in [0.1, 0.15) is 22.3 Å². The number of furan rings is 2. The summed E-state index contributed by atoms with van der Waals surface area (Å²) in [5.41, 5.74) is 9.28. The second kappa shape index (κ2) is 12.6. The number of fused-ring (bicyclic) bond motifs is 8. The third-order valence-corrected chi connectivity index (χ3v) is 10.6. The molecule has 0 unspecified atom stereocenters. The molecular formula is C52H33NO2. The fourth-order valence-corrected chi connectivity index (χ4v) is 7.90. The molecule has 0 aliphatic rings. The molecule has 3 heteroatoms. The second-order valence-electron chi connectivity index (χ2n) is 13.7. The van der Waals surface area contributed by atoms with Crippen LogP contribution in [-0.4, -0.2) is 0 Å². The number of anilines is 3. The number of benzene rings is 9. The van der Waals surface area contributed by atoms with E-state index >= 15 is 0 Å². The van der Waals surface area contributed by atoms with Crippen LogP contribution in [0.25, 0.3) is 88.0 Å². The summed E-state index contributed by atoms with van der Waals surface area (Å²) in [5.74, 6) is 0. The molecule has 0 fully saturated rings. The monoisotopic (exact) mass is 707 g/mol. The van der Waals surface area contributed by atoms with Crippen molar-refractivity contribution in [2.45, 2.75) is 0 Å². The van der Waals surface area contributed by atoms with Crippen molar-refractivity contribution in [3.63, 3.8) is 0 Å². The Morgan fingerprint density at radius 1 is 0.364 bits per heavy atom. The molecule has 0 aliphatic heterocycles. The number of rotatable bonds is 6. The largest absolute Gasteiger partial charge is 0.455 e. The first-order valence-electron chi connectivity index (χ1n) is 20.3. The number of para-hydroxylation sites is 2. The Kier molecular flexibility index (Phi) is 6.27. The Morgan fingerprint density at radius 2 is 0.982 bits per heavy atom. The molecule has 0 amide bonds. The van der Waals surface area contributed by atoms with Crippen molar-refractivity contribution in [3.8, 4) is 33.4 Å². The number of hydrogen-bond donors (Lipinski definition) is 0. The van der Waals surface area contributed by atoms with Crippen molar-refractivity contribution in [2.24, 2.45) is 0 Å². The fraction of sp³-hybridized carbons (Fsp3) is 0. The molecule has 2 aromatic heterocycles. The van der Waals surface area contributed by atoms with E-state index in [1.807, 2.05) is 150 Å². The third kappa shape index (κ3) is 5.20. The molecule has 0 saturated heterocycles. The number of hydrogen-bond acceptors (Lipinski definition) is 3. The maximum absolute atomic E-state index is 9.62. The Labute approximate surface area is 323 Å². The molecular weight excluding hydrogens is 671 g/mol. The van der Waals surface area contributed by atoms with Gasteiger partial charge in [0.2, 0.25) is 0 Å². The van der Waals surface area contributed by atoms with Crippen molar-refractivity contribution < 1.29 is 14.3 Å². The highest BCUT2D eigenvalue weighted by Gasteiger charge is 2.21. The van der Waals surface area contributed by atoms with E-state index < -0.39 is 0 Å². The lowest BCUT2D eigenvalue weighted by Crippen LogP contribution is -2.10. The van der Waals surface area contributed by atoms with Gasteiger partial charge in [-0.1, -0.05) is 152 Å². The van der Waals surface area contributed by atoms with Gasteiger partial charge in [0.25, 0.3) is 0 Å². The van der Waals surface area contributed by atoms with Crippen LogP contribution >= 0.6 is 0 Å². The highest BCUT2D eigenvalue weighted by Crippen LogP contribution is 2.45. The van der Waals surface area contributed by atoms with Crippen molar-refractivity contribution in [1.82, 2.24) is 0 Å². The SMILES string of the molecule is [2H]c1c([2H])c(N(c2ccc(-c3cccc4c3oc3ccccc34)cc2)c2cccc3oc4c5ccccc5ccc4c23)c([2H])c([2H])c1-c1ccc(-c2ccccc2)cc1. The summed E-state index contributed by atoms with van der Waals surface area (Å²) < 4.78 is 51.1. The predicted molar refractivity (Wildman–Crippen MR) is 229 cm³/mol. The maximum Gasteiger partial charge on any atom is 0.143 e. The van der Waals surface area contributed by atoms with E-state index in [2.05, 4.69) is 30.3 Å². The molecule has 55 heavy (non-hydrogen) atoms. The van der Waals surface area contributed by atoms with Gasteiger partial charge in [-0.3, -0.25) is 0 Å². The average molecular weight is 708 g/mol. The average Bonchev–Trinajstić information content (AvgIpc) is 3.87. The first kappa shape index (κ1) is 27.3. The number of nitrogens with zero attached hydrogens (tertiary/aromatic N) is 1. The van der Waals surface area contributed by atoms with Gasteiger partial charge < -0.3 is 13.7 Å². The molecule has 3 nitrogen and oxygen atoms in total. The van der Waals surface area contributed by atoms with Crippen LogP contribution in [0.3, 0.4) is 0 Å². The van der Waals surface area contributed by atoms with Crippen LogP contribution in [0.4, 0.5) is 17.1 Å². The minimum absolute atomic E-state index is 0.123. The van der Waals surface area contributed by atoms with Gasteiger partial charge in [-0.05, 0) is 81.7 Å². The van der Waals surface area contributed by atoms with Crippen molar-refractivity contribution in [1.29, 1.82) is 0 Å². The van der Waals surface area contributed by atoms with Crippen LogP contribution in [0.2, 0.25) is 0 Å². The van der Waals surface area contributed by atoms with E-state index in [0.29, 0.717) is 22.5 Å². The predicted octanol–water partition coefficient (Wildman–Crippen LogP) is 15.1. The molecule has 11 rings (SSSR count). The third-order valence-electron chi connectivity index (χ3n) is 10.6. The summed E-state index contributed by atoms with van der Waals surface area (Å²) in [7, 11) is 0. The standard InChI is InChI=1S/C52H33NO2/c1-2-10-34(11-3-1)35-20-22-36(23-21-35)37-24-29-40(30-25-37)53(47-17-9-19-49-50(47)46-33-28-38-12-4-5-13-42(38)52(46)55-49)41-31-26-39(27-32-41)43-15-8-16-45-44-14-6-7-18-48(44)54-51(43)45/h1-33H/i24D,25D,29D,30D. The highest BCUT2D eigenvalue weighted by atomic mass is 16.3. The topological polar surface area (TPSA) is 29.5 Å². The van der Waals surface area contributed by atoms with Gasteiger partial charge in [-0.2, -0.15) is 0 Å². The zero-order valence-electron chi connectivity index (χ0n) is 33.5. The van der Waals surface area contributed by atoms with Gasteiger partial charge in [-0.25, -0.2) is 0 Å². The zero-order valence-corrected chi connectivity index (χ0v) is 29.5. The minimum atomic E-state index is -0.153. The summed E-state index contributed by atoms with van der Waals surface area (Å²) in [4.78, 5) is 1.85. The summed E-state index contributed by atoms with van der Waals surface area (Å²) >= 11 is 0. The summed E-state index contributed by atoms with van der Waals surface area (Å²) in [6, 6.07) is 57.3. The van der Waals surface area contributed by atoms with E-state index in [4.69, 9.17) is 8.83 Å². The maximum atomic E-state index is 9.62. The lowest BCUT2D eigenvalue weighted by Gasteiger charge is -2.26. The minimum Gasteiger partial charge on any atom is -0.455 e. The van der Waals surface area contributed by atoms with E-state index in [1.54, 1.807) is 0 Å². The lowest BCUT2D eigenvalue weighted by molar-refractivity contribution is 0.670. The molecule has 0 bridgehead atoms. The highest BCUT2D eigenvalue weighted by molar-refractivity contribution is 6.19. The smallest absolute Gasteiger partial charge is 0.143 e. The van der Waals surface area contributed by atoms with Gasteiger partial charge in [0, 0.05) is 38.5 Å². The van der Waals surface area contributed by atoms with E-state index in [0.717, 1.165) is 71.3 Å². The first-order valence-corrected chi connectivity index (χ1v) is 18.3. The van der Waals surface area contributed by atoms with Gasteiger partial charge in [-0.15, -0.1) is 0 Å². The quantitative estimate of drug-likeness (QED) is 0.172. The summed E-state index contributed by atoms with van der Waals surface area (Å²) in [5, 5.41) is 5.82. The Balaban J connectivity index is 1.11. The van der Waals surface area contributed by atoms with E-state index in [-0.39, 0.29) is 35.4 Å². The van der Waals surface area contributed by atoms with Crippen LogP contribution in [0, 0.1) is 0 Å². The molecule has 0 saturated carbocycles. The second-order valence-corrected chi connectivity index (χ2v) is 13.7. The van der Waals surface area contributed by atoms with Crippen LogP contribution in [0.1, 0.15) is 5.48 Å². The summed E-state index contributed by atoms with van der Waals surface area (Å²) in [6.07, 6.45) is 0. The molecule has 0 N–H and O–H groups in total. The van der Waals surface area contributed by atoms with E-state index in [9.17, 15) is 5.48 Å². The first-order chi connectivity index (χ1) is 28.9. The molecule has 9 aromatic carbocycles.